The van der Waals surface area contributed by atoms with Gasteiger partial charge in [-0.3, -0.25) is 4.79 Å². The Bertz CT molecular complexity index is 709. The monoisotopic (exact) mass is 285 g/mol. The highest BCUT2D eigenvalue weighted by Gasteiger charge is 2.34. The van der Waals surface area contributed by atoms with Crippen LogP contribution in [0.1, 0.15) is 12.8 Å². The second-order valence-electron chi connectivity index (χ2n) is 5.24. The Morgan fingerprint density at radius 3 is 3.05 bits per heavy atom. The normalized spacial score (nSPS) is 21.9. The Labute approximate surface area is 121 Å². The van der Waals surface area contributed by atoms with Crippen molar-refractivity contribution < 1.29 is 4.79 Å². The second-order valence-corrected chi connectivity index (χ2v) is 5.24. The van der Waals surface area contributed by atoms with Crippen LogP contribution in [0, 0.1) is 0 Å². The van der Waals surface area contributed by atoms with E-state index in [0.717, 1.165) is 24.0 Å². The molecule has 3 heterocycles. The lowest BCUT2D eigenvalue weighted by Gasteiger charge is -2.29. The van der Waals surface area contributed by atoms with Gasteiger partial charge >= 0.3 is 0 Å². The zero-order chi connectivity index (χ0) is 14.2. The Kier molecular flexibility index (Phi) is 2.80. The molecule has 8 heteroatoms. The van der Waals surface area contributed by atoms with Gasteiger partial charge in [-0.15, -0.1) is 5.10 Å². The van der Waals surface area contributed by atoms with Crippen LogP contribution in [0.4, 0.5) is 0 Å². The molecular weight excluding hydrogens is 270 g/mol. The van der Waals surface area contributed by atoms with Crippen LogP contribution in [0.5, 0.6) is 0 Å². The molecule has 8 nitrogen and oxygen atoms in total. The fourth-order valence-corrected chi connectivity index (χ4v) is 2.87. The van der Waals surface area contributed by atoms with E-state index in [9.17, 15) is 4.79 Å². The van der Waals surface area contributed by atoms with Crippen LogP contribution in [0.3, 0.4) is 0 Å². The van der Waals surface area contributed by atoms with Crippen LogP contribution in [-0.4, -0.2) is 50.1 Å². The first-order chi connectivity index (χ1) is 10.3. The summed E-state index contributed by atoms with van der Waals surface area (Å²) in [6, 6.07) is 7.78. The maximum atomic E-state index is 11.9. The summed E-state index contributed by atoms with van der Waals surface area (Å²) >= 11 is 0. The molecule has 0 saturated carbocycles. The third kappa shape index (κ3) is 2.03. The van der Waals surface area contributed by atoms with Gasteiger partial charge in [0.1, 0.15) is 24.9 Å². The number of aromatic nitrogens is 3. The molecule has 1 unspecified atom stereocenters. The van der Waals surface area contributed by atoms with Crippen LogP contribution < -0.4 is 0 Å². The van der Waals surface area contributed by atoms with Crippen molar-refractivity contribution in [2.45, 2.75) is 25.7 Å². The second kappa shape index (κ2) is 4.80. The number of benzene rings is 1. The van der Waals surface area contributed by atoms with Crippen LogP contribution in [-0.2, 0) is 11.5 Å². The molecule has 1 fully saturated rings. The van der Waals surface area contributed by atoms with Gasteiger partial charge in [0, 0.05) is 13.0 Å². The van der Waals surface area contributed by atoms with Gasteiger partial charge in [0.05, 0.1) is 5.52 Å². The minimum Gasteiger partial charge on any atom is -0.319 e. The molecule has 21 heavy (non-hydrogen) atoms. The highest BCUT2D eigenvalue weighted by Crippen LogP contribution is 2.22. The average Bonchev–Trinajstić information content (AvgIpc) is 3.20. The van der Waals surface area contributed by atoms with Gasteiger partial charge in [0.2, 0.25) is 5.91 Å². The van der Waals surface area contributed by atoms with Crippen molar-refractivity contribution >= 4 is 16.9 Å². The topological polar surface area (TPSA) is 79.0 Å². The number of nitrogens with zero attached hydrogens (tertiary/aromatic N) is 7. The number of carbonyl (C=O) groups is 1. The van der Waals surface area contributed by atoms with Crippen LogP contribution in [0.25, 0.3) is 11.0 Å². The lowest BCUT2D eigenvalue weighted by Crippen LogP contribution is -2.46. The van der Waals surface area contributed by atoms with E-state index in [4.69, 9.17) is 0 Å². The van der Waals surface area contributed by atoms with Gasteiger partial charge in [-0.05, 0) is 18.6 Å². The minimum atomic E-state index is -0.0945. The number of para-hydroxylation sites is 1. The molecule has 2 aliphatic rings. The summed E-state index contributed by atoms with van der Waals surface area (Å²) in [6.45, 7) is 1.75. The summed E-state index contributed by atoms with van der Waals surface area (Å²) in [5.41, 5.74) is 1.80. The van der Waals surface area contributed by atoms with E-state index >= 15 is 0 Å². The molecule has 2 aliphatic heterocycles. The molecule has 0 radical (unpaired) electrons. The van der Waals surface area contributed by atoms with Crippen LogP contribution in [0.2, 0.25) is 0 Å². The fraction of sp³-hybridized carbons (Fsp3) is 0.462. The molecule has 1 aromatic heterocycles. The van der Waals surface area contributed by atoms with Crippen molar-refractivity contribution in [1.82, 2.24) is 24.9 Å². The predicted octanol–water partition coefficient (Wildman–Crippen LogP) is 1.02. The van der Waals surface area contributed by atoms with E-state index < -0.39 is 0 Å². The van der Waals surface area contributed by atoms with Crippen molar-refractivity contribution in [2.24, 2.45) is 10.3 Å². The number of rotatable bonds is 3. The van der Waals surface area contributed by atoms with Gasteiger partial charge in [-0.25, -0.2) is 9.69 Å². The molecule has 1 saturated heterocycles. The van der Waals surface area contributed by atoms with Gasteiger partial charge in [0.25, 0.3) is 0 Å². The predicted molar refractivity (Wildman–Crippen MR) is 73.8 cm³/mol. The molecule has 1 aromatic carbocycles. The number of likely N-dealkylation sites (tertiary alicyclic amines) is 1. The van der Waals surface area contributed by atoms with Gasteiger partial charge in [-0.2, -0.15) is 5.11 Å². The lowest BCUT2D eigenvalue weighted by molar-refractivity contribution is -0.133. The molecule has 1 amide bonds. The largest absolute Gasteiger partial charge is 0.319 e. The molecule has 1 atom stereocenters. The average molecular weight is 285 g/mol. The maximum absolute atomic E-state index is 11.9. The summed E-state index contributed by atoms with van der Waals surface area (Å²) in [5, 5.41) is 18.3. The maximum Gasteiger partial charge on any atom is 0.224 e. The highest BCUT2D eigenvalue weighted by molar-refractivity contribution is 5.78. The molecule has 2 aromatic rings. The van der Waals surface area contributed by atoms with E-state index in [1.807, 2.05) is 34.2 Å². The summed E-state index contributed by atoms with van der Waals surface area (Å²) in [7, 11) is 0. The molecule has 0 N–H and O–H groups in total. The number of carbonyl (C=O) groups excluding carboxylic acids is 1. The molecular formula is C13H15N7O. The molecule has 0 spiro atoms. The van der Waals surface area contributed by atoms with E-state index in [1.54, 1.807) is 4.68 Å². The Hall–Kier alpha value is -2.51. The first kappa shape index (κ1) is 12.2. The van der Waals surface area contributed by atoms with Crippen molar-refractivity contribution in [1.29, 1.82) is 0 Å². The first-order valence-electron chi connectivity index (χ1n) is 7.05. The minimum absolute atomic E-state index is 0.0945. The third-order valence-corrected chi connectivity index (χ3v) is 3.94. The van der Waals surface area contributed by atoms with Crippen molar-refractivity contribution in [3.8, 4) is 0 Å². The number of amides is 1. The standard InChI is InChI=1S/C13H15N7O/c21-13-6-3-7-18(13)12-8-14-16-20(12)9-19-11-5-2-1-4-10(11)15-17-19/h1-2,4-5,12H,3,6-9H2. The first-order valence-corrected chi connectivity index (χ1v) is 7.05. The van der Waals surface area contributed by atoms with Gasteiger partial charge in [0.15, 0.2) is 0 Å². The van der Waals surface area contributed by atoms with Gasteiger partial charge in [-0.1, -0.05) is 22.6 Å². The van der Waals surface area contributed by atoms with Crippen LogP contribution >= 0.6 is 0 Å². The Morgan fingerprint density at radius 2 is 2.19 bits per heavy atom. The van der Waals surface area contributed by atoms with E-state index in [2.05, 4.69) is 20.6 Å². The van der Waals surface area contributed by atoms with Crippen LogP contribution in [0.15, 0.2) is 34.6 Å². The fourth-order valence-electron chi connectivity index (χ4n) is 2.87. The lowest BCUT2D eigenvalue weighted by atomic mass is 10.3. The van der Waals surface area contributed by atoms with E-state index in [0.29, 0.717) is 19.6 Å². The number of hydrogen-bond donors (Lipinski definition) is 0. The Balaban J connectivity index is 1.58. The number of hydrogen-bond acceptors (Lipinski definition) is 6. The highest BCUT2D eigenvalue weighted by atomic mass is 16.2. The quantitative estimate of drug-likeness (QED) is 0.843. The van der Waals surface area contributed by atoms with Crippen molar-refractivity contribution in [2.75, 3.05) is 13.1 Å². The third-order valence-electron chi connectivity index (χ3n) is 3.94. The molecule has 0 bridgehead atoms. The van der Waals surface area contributed by atoms with E-state index in [1.165, 1.54) is 0 Å². The number of fused-ring (bicyclic) bond motifs is 1. The van der Waals surface area contributed by atoms with E-state index in [-0.39, 0.29) is 12.1 Å². The molecule has 4 rings (SSSR count). The summed E-state index contributed by atoms with van der Waals surface area (Å²) < 4.78 is 1.78. The summed E-state index contributed by atoms with van der Waals surface area (Å²) in [5.74, 6) is 0.181. The Morgan fingerprint density at radius 1 is 1.29 bits per heavy atom. The van der Waals surface area contributed by atoms with Crippen molar-refractivity contribution in [3.63, 3.8) is 0 Å². The summed E-state index contributed by atoms with van der Waals surface area (Å²) in [6.07, 6.45) is 1.44. The SMILES string of the molecule is O=C1CCCN1C1CN=NN1Cn1nnc2ccccc21. The smallest absolute Gasteiger partial charge is 0.224 e. The summed E-state index contributed by atoms with van der Waals surface area (Å²) in [4.78, 5) is 13.8. The molecule has 108 valence electrons. The van der Waals surface area contributed by atoms with Gasteiger partial charge < -0.3 is 4.90 Å². The van der Waals surface area contributed by atoms with Crippen molar-refractivity contribution in [3.05, 3.63) is 24.3 Å². The zero-order valence-electron chi connectivity index (χ0n) is 11.5. The zero-order valence-corrected chi connectivity index (χ0v) is 11.5. The molecule has 0 aliphatic carbocycles.